The summed E-state index contributed by atoms with van der Waals surface area (Å²) < 4.78 is 5.04. The lowest BCUT2D eigenvalue weighted by molar-refractivity contribution is 0.0690. The maximum atomic E-state index is 11.9. The Labute approximate surface area is 121 Å². The molecule has 0 unspecified atom stereocenters. The smallest absolute Gasteiger partial charge is 0.354 e. The van der Waals surface area contributed by atoms with Crippen LogP contribution in [0.25, 0.3) is 0 Å². The fourth-order valence-electron chi connectivity index (χ4n) is 1.95. The van der Waals surface area contributed by atoms with Crippen LogP contribution >= 0.6 is 0 Å². The molecule has 7 heteroatoms. The number of aromatic carboxylic acids is 1. The van der Waals surface area contributed by atoms with Gasteiger partial charge in [-0.05, 0) is 32.4 Å². The highest BCUT2D eigenvalue weighted by molar-refractivity contribution is 5.96. The number of nitrogens with zero attached hydrogens (tertiary/aromatic N) is 2. The van der Waals surface area contributed by atoms with Crippen molar-refractivity contribution in [3.63, 3.8) is 0 Å². The van der Waals surface area contributed by atoms with E-state index >= 15 is 0 Å². The van der Waals surface area contributed by atoms with Crippen LogP contribution in [0.1, 0.15) is 37.9 Å². The number of carboxylic acid groups (broad SMARTS) is 1. The standard InChI is InChI=1S/C14H15N3O4/c1-8-11(9(2)21-17-8)4-6-16-13(18)10-3-5-15-12(7-10)14(19)20/h3,5,7H,4,6H2,1-2H3,(H,16,18)(H,19,20). The third-order valence-corrected chi connectivity index (χ3v) is 3.08. The summed E-state index contributed by atoms with van der Waals surface area (Å²) in [5.41, 5.74) is 1.88. The number of hydrogen-bond acceptors (Lipinski definition) is 5. The SMILES string of the molecule is Cc1noc(C)c1CCNC(=O)c1ccnc(C(=O)O)c1. The molecule has 2 aromatic heterocycles. The van der Waals surface area contributed by atoms with Crippen LogP contribution in [0.3, 0.4) is 0 Å². The first-order valence-corrected chi connectivity index (χ1v) is 6.38. The van der Waals surface area contributed by atoms with Crippen LogP contribution in [0, 0.1) is 13.8 Å². The Hall–Kier alpha value is -2.70. The Bertz CT molecular complexity index is 659. The summed E-state index contributed by atoms with van der Waals surface area (Å²) in [5, 5.41) is 15.4. The van der Waals surface area contributed by atoms with E-state index in [2.05, 4.69) is 15.5 Å². The molecule has 0 spiro atoms. The van der Waals surface area contributed by atoms with Gasteiger partial charge in [-0.3, -0.25) is 4.79 Å². The molecule has 0 radical (unpaired) electrons. The first-order valence-electron chi connectivity index (χ1n) is 6.38. The summed E-state index contributed by atoms with van der Waals surface area (Å²) in [5.74, 6) is -0.772. The molecule has 0 saturated carbocycles. The molecule has 2 N–H and O–H groups in total. The Morgan fingerprint density at radius 3 is 2.76 bits per heavy atom. The Kier molecular flexibility index (Phi) is 4.32. The Balaban J connectivity index is 1.96. The molecule has 2 rings (SSSR count). The topological polar surface area (TPSA) is 105 Å². The minimum Gasteiger partial charge on any atom is -0.477 e. The zero-order valence-corrected chi connectivity index (χ0v) is 11.7. The fourth-order valence-corrected chi connectivity index (χ4v) is 1.95. The predicted octanol–water partition coefficient (Wildman–Crippen LogP) is 1.36. The summed E-state index contributed by atoms with van der Waals surface area (Å²) in [7, 11) is 0. The molecule has 0 bridgehead atoms. The van der Waals surface area contributed by atoms with E-state index in [-0.39, 0.29) is 17.2 Å². The molecule has 0 saturated heterocycles. The fraction of sp³-hybridized carbons (Fsp3) is 0.286. The van der Waals surface area contributed by atoms with Gasteiger partial charge in [0.1, 0.15) is 11.5 Å². The normalized spacial score (nSPS) is 10.4. The molecule has 1 amide bonds. The van der Waals surface area contributed by atoms with Gasteiger partial charge >= 0.3 is 5.97 Å². The number of nitrogens with one attached hydrogen (secondary N) is 1. The van der Waals surface area contributed by atoms with Crippen LogP contribution < -0.4 is 5.32 Å². The summed E-state index contributed by atoms with van der Waals surface area (Å²) >= 11 is 0. The van der Waals surface area contributed by atoms with Gasteiger partial charge < -0.3 is 14.9 Å². The summed E-state index contributed by atoms with van der Waals surface area (Å²) in [4.78, 5) is 26.4. The maximum absolute atomic E-state index is 11.9. The van der Waals surface area contributed by atoms with E-state index in [9.17, 15) is 9.59 Å². The second-order valence-corrected chi connectivity index (χ2v) is 4.54. The highest BCUT2D eigenvalue weighted by Crippen LogP contribution is 2.12. The zero-order valence-electron chi connectivity index (χ0n) is 11.7. The van der Waals surface area contributed by atoms with Crippen molar-refractivity contribution in [3.8, 4) is 0 Å². The molecule has 0 atom stereocenters. The van der Waals surface area contributed by atoms with E-state index in [1.54, 1.807) is 0 Å². The minimum atomic E-state index is -1.17. The van der Waals surface area contributed by atoms with E-state index in [4.69, 9.17) is 9.63 Å². The van der Waals surface area contributed by atoms with E-state index in [1.807, 2.05) is 13.8 Å². The van der Waals surface area contributed by atoms with Gasteiger partial charge in [0, 0.05) is 23.9 Å². The van der Waals surface area contributed by atoms with Crippen LogP contribution in [0.15, 0.2) is 22.9 Å². The number of rotatable bonds is 5. The average Bonchev–Trinajstić information content (AvgIpc) is 2.79. The Morgan fingerprint density at radius 2 is 2.14 bits per heavy atom. The number of aromatic nitrogens is 2. The van der Waals surface area contributed by atoms with Gasteiger partial charge in [-0.15, -0.1) is 0 Å². The van der Waals surface area contributed by atoms with Crippen molar-refractivity contribution in [2.75, 3.05) is 6.54 Å². The highest BCUT2D eigenvalue weighted by atomic mass is 16.5. The lowest BCUT2D eigenvalue weighted by Crippen LogP contribution is -2.26. The van der Waals surface area contributed by atoms with Crippen LogP contribution in [-0.4, -0.2) is 33.7 Å². The maximum Gasteiger partial charge on any atom is 0.354 e. The molecule has 2 heterocycles. The van der Waals surface area contributed by atoms with Crippen molar-refractivity contribution in [3.05, 3.63) is 46.6 Å². The van der Waals surface area contributed by atoms with Crippen LogP contribution in [-0.2, 0) is 6.42 Å². The molecule has 0 aliphatic rings. The van der Waals surface area contributed by atoms with Crippen molar-refractivity contribution < 1.29 is 19.2 Å². The van der Waals surface area contributed by atoms with Crippen molar-refractivity contribution in [1.82, 2.24) is 15.5 Å². The van der Waals surface area contributed by atoms with Crippen molar-refractivity contribution in [1.29, 1.82) is 0 Å². The van der Waals surface area contributed by atoms with Gasteiger partial charge in [0.2, 0.25) is 0 Å². The molecular formula is C14H15N3O4. The van der Waals surface area contributed by atoms with Gasteiger partial charge in [-0.1, -0.05) is 5.16 Å². The molecule has 21 heavy (non-hydrogen) atoms. The monoisotopic (exact) mass is 289 g/mol. The number of pyridine rings is 1. The van der Waals surface area contributed by atoms with Gasteiger partial charge in [-0.25, -0.2) is 9.78 Å². The zero-order chi connectivity index (χ0) is 15.4. The second kappa shape index (κ2) is 6.17. The molecule has 0 fully saturated rings. The molecule has 0 aromatic carbocycles. The van der Waals surface area contributed by atoms with E-state index in [1.165, 1.54) is 18.3 Å². The first kappa shape index (κ1) is 14.7. The number of carboxylic acids is 1. The quantitative estimate of drug-likeness (QED) is 0.861. The molecule has 110 valence electrons. The largest absolute Gasteiger partial charge is 0.477 e. The van der Waals surface area contributed by atoms with Crippen LogP contribution in [0.4, 0.5) is 0 Å². The molecule has 2 aromatic rings. The lowest BCUT2D eigenvalue weighted by Gasteiger charge is -2.05. The predicted molar refractivity (Wildman–Crippen MR) is 73.2 cm³/mol. The lowest BCUT2D eigenvalue weighted by atomic mass is 10.1. The summed E-state index contributed by atoms with van der Waals surface area (Å²) in [6.07, 6.45) is 1.90. The Morgan fingerprint density at radius 1 is 1.38 bits per heavy atom. The summed E-state index contributed by atoms with van der Waals surface area (Å²) in [6, 6.07) is 2.71. The van der Waals surface area contributed by atoms with Crippen LogP contribution in [0.5, 0.6) is 0 Å². The highest BCUT2D eigenvalue weighted by Gasteiger charge is 2.12. The number of aryl methyl sites for hydroxylation is 2. The third kappa shape index (κ3) is 3.44. The number of amides is 1. The average molecular weight is 289 g/mol. The van der Waals surface area contributed by atoms with Gasteiger partial charge in [-0.2, -0.15) is 0 Å². The second-order valence-electron chi connectivity index (χ2n) is 4.54. The van der Waals surface area contributed by atoms with Crippen molar-refractivity contribution >= 4 is 11.9 Å². The van der Waals surface area contributed by atoms with Crippen molar-refractivity contribution in [2.24, 2.45) is 0 Å². The van der Waals surface area contributed by atoms with Gasteiger partial charge in [0.25, 0.3) is 5.91 Å². The number of hydrogen-bond donors (Lipinski definition) is 2. The number of carbonyl (C=O) groups is 2. The molecule has 0 aliphatic heterocycles. The molecule has 7 nitrogen and oxygen atoms in total. The van der Waals surface area contributed by atoms with Crippen LogP contribution in [0.2, 0.25) is 0 Å². The van der Waals surface area contributed by atoms with E-state index < -0.39 is 5.97 Å². The van der Waals surface area contributed by atoms with Crippen molar-refractivity contribution in [2.45, 2.75) is 20.3 Å². The third-order valence-electron chi connectivity index (χ3n) is 3.08. The van der Waals surface area contributed by atoms with E-state index in [0.717, 1.165) is 17.0 Å². The molecule has 0 aliphatic carbocycles. The van der Waals surface area contributed by atoms with Gasteiger partial charge in [0.15, 0.2) is 0 Å². The van der Waals surface area contributed by atoms with E-state index in [0.29, 0.717) is 13.0 Å². The summed E-state index contributed by atoms with van der Waals surface area (Å²) in [6.45, 7) is 4.07. The molecular weight excluding hydrogens is 274 g/mol. The number of carbonyl (C=O) groups excluding carboxylic acids is 1. The first-order chi connectivity index (χ1) is 9.99. The minimum absolute atomic E-state index is 0.159. The van der Waals surface area contributed by atoms with Gasteiger partial charge in [0.05, 0.1) is 5.69 Å².